The minimum Gasteiger partial charge on any atom is -0.468 e. The van der Waals surface area contributed by atoms with Crippen LogP contribution in [0, 0.1) is 15.5 Å². The number of hydrogen-bond acceptors (Lipinski definition) is 5. The molecule has 0 aromatic heterocycles. The second-order valence-electron chi connectivity index (χ2n) is 3.24. The Morgan fingerprint density at radius 2 is 2.21 bits per heavy atom. The van der Waals surface area contributed by atoms with E-state index >= 15 is 0 Å². The summed E-state index contributed by atoms with van der Waals surface area (Å²) < 4.78 is 4.44. The number of nitrogens with zero attached hydrogens (tertiary/aromatic N) is 1. The van der Waals surface area contributed by atoms with E-state index in [4.69, 9.17) is 0 Å². The van der Waals surface area contributed by atoms with E-state index in [0.29, 0.717) is 6.29 Å². The Labute approximate surface area is 81.4 Å². The lowest BCUT2D eigenvalue weighted by Crippen LogP contribution is -2.43. The summed E-state index contributed by atoms with van der Waals surface area (Å²) in [5.41, 5.74) is -1.39. The van der Waals surface area contributed by atoms with Crippen LogP contribution in [0.2, 0.25) is 0 Å². The van der Waals surface area contributed by atoms with Gasteiger partial charge in [0, 0.05) is 18.3 Å². The second-order valence-corrected chi connectivity index (χ2v) is 3.24. The molecule has 6 nitrogen and oxygen atoms in total. The molecule has 0 bridgehead atoms. The Hall–Kier alpha value is -1.46. The first-order valence-corrected chi connectivity index (χ1v) is 4.05. The maximum absolute atomic E-state index is 11.3. The first-order chi connectivity index (χ1) is 6.40. The van der Waals surface area contributed by atoms with Crippen molar-refractivity contribution in [2.24, 2.45) is 5.41 Å². The molecule has 0 saturated carbocycles. The van der Waals surface area contributed by atoms with E-state index in [0.717, 1.165) is 7.11 Å². The van der Waals surface area contributed by atoms with E-state index in [-0.39, 0.29) is 6.42 Å². The number of esters is 1. The zero-order chi connectivity index (χ0) is 11.4. The van der Waals surface area contributed by atoms with Crippen LogP contribution in [0.4, 0.5) is 0 Å². The average molecular weight is 203 g/mol. The molecule has 0 fully saturated rings. The number of nitro groups is 1. The highest BCUT2D eigenvalue weighted by atomic mass is 16.6. The molecule has 0 aliphatic rings. The van der Waals surface area contributed by atoms with E-state index in [1.165, 1.54) is 13.8 Å². The number of rotatable bonds is 5. The van der Waals surface area contributed by atoms with Gasteiger partial charge in [-0.25, -0.2) is 0 Å². The van der Waals surface area contributed by atoms with Crippen molar-refractivity contribution < 1.29 is 19.2 Å². The Morgan fingerprint density at radius 1 is 1.71 bits per heavy atom. The fourth-order valence-electron chi connectivity index (χ4n) is 1.06. The van der Waals surface area contributed by atoms with Gasteiger partial charge in [0.25, 0.3) is 0 Å². The van der Waals surface area contributed by atoms with Crippen LogP contribution in [0.3, 0.4) is 0 Å². The molecule has 0 saturated heterocycles. The van der Waals surface area contributed by atoms with E-state index < -0.39 is 22.3 Å². The van der Waals surface area contributed by atoms with Crippen LogP contribution in [0.1, 0.15) is 20.3 Å². The van der Waals surface area contributed by atoms with Gasteiger partial charge in [-0.3, -0.25) is 14.9 Å². The Balaban J connectivity index is 4.97. The highest BCUT2D eigenvalue weighted by Gasteiger charge is 2.47. The van der Waals surface area contributed by atoms with Gasteiger partial charge in [-0.1, -0.05) is 0 Å². The fraction of sp³-hybridized carbons (Fsp3) is 0.750. The molecule has 80 valence electrons. The molecule has 0 aromatic carbocycles. The van der Waals surface area contributed by atoms with E-state index in [1.807, 2.05) is 0 Å². The molecule has 6 heteroatoms. The molecule has 0 amide bonds. The molecule has 0 aliphatic heterocycles. The summed E-state index contributed by atoms with van der Waals surface area (Å²) in [7, 11) is 1.14. The van der Waals surface area contributed by atoms with Crippen molar-refractivity contribution in [3.05, 3.63) is 10.1 Å². The minimum absolute atomic E-state index is 0.220. The molecular formula is C8H13NO5. The van der Waals surface area contributed by atoms with Crippen LogP contribution in [0.5, 0.6) is 0 Å². The highest BCUT2D eigenvalue weighted by molar-refractivity contribution is 5.80. The standard InChI is InChI=1S/C8H13NO5/c1-6(9(12)13)8(2,4-5-10)7(11)14-3/h5-6H,4H2,1-3H3/t6?,8-/m1/s1. The zero-order valence-corrected chi connectivity index (χ0v) is 8.35. The van der Waals surface area contributed by atoms with Gasteiger partial charge in [0.2, 0.25) is 6.04 Å². The van der Waals surface area contributed by atoms with Gasteiger partial charge in [-0.15, -0.1) is 0 Å². The topological polar surface area (TPSA) is 86.5 Å². The van der Waals surface area contributed by atoms with Gasteiger partial charge in [-0.05, 0) is 6.92 Å². The van der Waals surface area contributed by atoms with Gasteiger partial charge in [-0.2, -0.15) is 0 Å². The molecule has 2 atom stereocenters. The summed E-state index contributed by atoms with van der Waals surface area (Å²) in [5.74, 6) is -0.742. The van der Waals surface area contributed by atoms with Gasteiger partial charge < -0.3 is 9.53 Å². The first-order valence-electron chi connectivity index (χ1n) is 4.05. The smallest absolute Gasteiger partial charge is 0.318 e. The normalized spacial score (nSPS) is 16.5. The van der Waals surface area contributed by atoms with Crippen molar-refractivity contribution in [2.45, 2.75) is 26.3 Å². The number of hydrogen-bond donors (Lipinski definition) is 0. The molecule has 0 spiro atoms. The lowest BCUT2D eigenvalue weighted by Gasteiger charge is -2.24. The molecule has 0 rings (SSSR count). The van der Waals surface area contributed by atoms with Crippen LogP contribution in [-0.4, -0.2) is 30.3 Å². The summed E-state index contributed by atoms with van der Waals surface area (Å²) >= 11 is 0. The van der Waals surface area contributed by atoms with Crippen molar-refractivity contribution in [3.63, 3.8) is 0 Å². The maximum atomic E-state index is 11.3. The predicted molar refractivity (Wildman–Crippen MR) is 47.3 cm³/mol. The Morgan fingerprint density at radius 3 is 2.50 bits per heavy atom. The monoisotopic (exact) mass is 203 g/mol. The Bertz CT molecular complexity index is 252. The number of aldehydes is 1. The van der Waals surface area contributed by atoms with Crippen LogP contribution >= 0.6 is 0 Å². The third-order valence-electron chi connectivity index (χ3n) is 2.40. The predicted octanol–water partition coefficient (Wildman–Crippen LogP) is 0.420. The van der Waals surface area contributed by atoms with Gasteiger partial charge in [0.05, 0.1) is 7.11 Å². The number of methoxy groups -OCH3 is 1. The molecule has 0 heterocycles. The molecule has 0 aromatic rings. The molecule has 14 heavy (non-hydrogen) atoms. The summed E-state index contributed by atoms with van der Waals surface area (Å²) in [6, 6.07) is -1.15. The van der Waals surface area contributed by atoms with Crippen LogP contribution in [0.15, 0.2) is 0 Å². The number of ether oxygens (including phenoxy) is 1. The summed E-state index contributed by atoms with van der Waals surface area (Å²) in [6.45, 7) is 2.63. The molecule has 1 unspecified atom stereocenters. The fourth-order valence-corrected chi connectivity index (χ4v) is 1.06. The molecule has 0 aliphatic carbocycles. The zero-order valence-electron chi connectivity index (χ0n) is 8.35. The van der Waals surface area contributed by atoms with Crippen molar-refractivity contribution in [2.75, 3.05) is 7.11 Å². The third kappa shape index (κ3) is 2.27. The second kappa shape index (κ2) is 4.69. The number of carbonyl (C=O) groups is 2. The third-order valence-corrected chi connectivity index (χ3v) is 2.40. The largest absolute Gasteiger partial charge is 0.468 e. The molecule has 0 N–H and O–H groups in total. The average Bonchev–Trinajstić information content (AvgIpc) is 2.15. The quantitative estimate of drug-likeness (QED) is 0.279. The van der Waals surface area contributed by atoms with Crippen LogP contribution < -0.4 is 0 Å². The lowest BCUT2D eigenvalue weighted by molar-refractivity contribution is -0.533. The first kappa shape index (κ1) is 12.5. The SMILES string of the molecule is COC(=O)[C@](C)(CC=O)C(C)[N+](=O)[O-]. The summed E-state index contributed by atoms with van der Waals surface area (Å²) in [6.07, 6.45) is 0.263. The van der Waals surface area contributed by atoms with Gasteiger partial charge >= 0.3 is 5.97 Å². The Kier molecular flexibility index (Phi) is 4.20. The molecular weight excluding hydrogens is 190 g/mol. The van der Waals surface area contributed by atoms with E-state index in [2.05, 4.69) is 4.74 Å². The van der Waals surface area contributed by atoms with Crippen LogP contribution in [0.25, 0.3) is 0 Å². The van der Waals surface area contributed by atoms with Crippen molar-refractivity contribution in [1.82, 2.24) is 0 Å². The van der Waals surface area contributed by atoms with Crippen molar-refractivity contribution >= 4 is 12.3 Å². The van der Waals surface area contributed by atoms with Crippen molar-refractivity contribution in [3.8, 4) is 0 Å². The highest BCUT2D eigenvalue weighted by Crippen LogP contribution is 2.28. The summed E-state index contributed by atoms with van der Waals surface area (Å²) in [5, 5.41) is 10.5. The number of carbonyl (C=O) groups excluding carboxylic acids is 2. The summed E-state index contributed by atoms with van der Waals surface area (Å²) in [4.78, 5) is 31.5. The van der Waals surface area contributed by atoms with E-state index in [1.54, 1.807) is 0 Å². The van der Waals surface area contributed by atoms with Gasteiger partial charge in [0.1, 0.15) is 11.7 Å². The maximum Gasteiger partial charge on any atom is 0.318 e. The van der Waals surface area contributed by atoms with E-state index in [9.17, 15) is 19.7 Å². The lowest BCUT2D eigenvalue weighted by atomic mass is 9.81. The van der Waals surface area contributed by atoms with Crippen LogP contribution in [-0.2, 0) is 14.3 Å². The minimum atomic E-state index is -1.39. The van der Waals surface area contributed by atoms with Gasteiger partial charge in [0.15, 0.2) is 0 Å². The molecule has 0 radical (unpaired) electrons. The van der Waals surface area contributed by atoms with Crippen molar-refractivity contribution in [1.29, 1.82) is 0 Å².